The van der Waals surface area contributed by atoms with E-state index >= 15 is 0 Å². The van der Waals surface area contributed by atoms with Gasteiger partial charge in [0.25, 0.3) is 0 Å². The monoisotopic (exact) mass is 360 g/mol. The second-order valence-electron chi connectivity index (χ2n) is 3.74. The molecule has 0 fully saturated rings. The van der Waals surface area contributed by atoms with Crippen LogP contribution in [0.1, 0.15) is 15.2 Å². The number of carboxylic acid groups (broad SMARTS) is 1. The van der Waals surface area contributed by atoms with Crippen LogP contribution in [0.4, 0.5) is 5.82 Å². The third-order valence-electron chi connectivity index (χ3n) is 2.38. The largest absolute Gasteiger partial charge is 0.478 e. The zero-order valence-electron chi connectivity index (χ0n) is 9.69. The first-order valence-electron chi connectivity index (χ1n) is 5.43. The van der Waals surface area contributed by atoms with Crippen LogP contribution < -0.4 is 5.32 Å². The van der Waals surface area contributed by atoms with Crippen molar-refractivity contribution >= 4 is 50.7 Å². The predicted molar refractivity (Wildman–Crippen MR) is 80.4 cm³/mol. The van der Waals surface area contributed by atoms with E-state index in [4.69, 9.17) is 16.7 Å². The van der Waals surface area contributed by atoms with Crippen molar-refractivity contribution in [3.8, 4) is 0 Å². The van der Waals surface area contributed by atoms with E-state index in [1.807, 2.05) is 12.1 Å². The SMILES string of the molecule is O=C(O)c1cc(Br)cnc1NCCc1ccc(Cl)s1. The van der Waals surface area contributed by atoms with Crippen LogP contribution in [0.2, 0.25) is 4.34 Å². The number of hydrogen-bond donors (Lipinski definition) is 2. The molecule has 2 aromatic heterocycles. The van der Waals surface area contributed by atoms with Crippen LogP contribution in [-0.2, 0) is 6.42 Å². The summed E-state index contributed by atoms with van der Waals surface area (Å²) in [6.45, 7) is 0.603. The van der Waals surface area contributed by atoms with Crippen molar-refractivity contribution in [3.63, 3.8) is 0 Å². The minimum atomic E-state index is -1.00. The minimum absolute atomic E-state index is 0.151. The smallest absolute Gasteiger partial charge is 0.339 e. The highest BCUT2D eigenvalue weighted by atomic mass is 79.9. The summed E-state index contributed by atoms with van der Waals surface area (Å²) in [7, 11) is 0. The number of carbonyl (C=O) groups is 1. The van der Waals surface area contributed by atoms with Gasteiger partial charge in [0, 0.05) is 22.1 Å². The van der Waals surface area contributed by atoms with Gasteiger partial charge in [-0.1, -0.05) is 11.6 Å². The summed E-state index contributed by atoms with van der Waals surface area (Å²) in [5.74, 6) is -0.631. The van der Waals surface area contributed by atoms with E-state index in [1.165, 1.54) is 17.4 Å². The molecule has 19 heavy (non-hydrogen) atoms. The number of hydrogen-bond acceptors (Lipinski definition) is 4. The summed E-state index contributed by atoms with van der Waals surface area (Å²) in [6, 6.07) is 5.34. The molecule has 0 unspecified atom stereocenters. The lowest BCUT2D eigenvalue weighted by Crippen LogP contribution is -2.10. The van der Waals surface area contributed by atoms with Crippen LogP contribution in [0, 0.1) is 0 Å². The molecule has 0 radical (unpaired) electrons. The molecule has 0 amide bonds. The molecule has 0 spiro atoms. The Bertz CT molecular complexity index is 603. The van der Waals surface area contributed by atoms with E-state index in [9.17, 15) is 4.79 Å². The molecule has 2 aromatic rings. The Kier molecular flexibility index (Phi) is 4.79. The van der Waals surface area contributed by atoms with Gasteiger partial charge in [-0.25, -0.2) is 9.78 Å². The molecule has 100 valence electrons. The quantitative estimate of drug-likeness (QED) is 0.847. The molecule has 4 nitrogen and oxygen atoms in total. The van der Waals surface area contributed by atoms with Crippen molar-refractivity contribution in [1.29, 1.82) is 0 Å². The van der Waals surface area contributed by atoms with Gasteiger partial charge >= 0.3 is 5.97 Å². The fraction of sp³-hybridized carbons (Fsp3) is 0.167. The molecule has 0 aliphatic heterocycles. The maximum atomic E-state index is 11.1. The van der Waals surface area contributed by atoms with Crippen LogP contribution in [-0.4, -0.2) is 22.6 Å². The Hall–Kier alpha value is -1.11. The molecular weight excluding hydrogens is 352 g/mol. The molecule has 2 heterocycles. The van der Waals surface area contributed by atoms with Crippen molar-refractivity contribution in [2.75, 3.05) is 11.9 Å². The van der Waals surface area contributed by atoms with Crippen LogP contribution in [0.25, 0.3) is 0 Å². The standard InChI is InChI=1S/C12H10BrClN2O2S/c13-7-5-9(12(17)18)11(16-6-7)15-4-3-8-1-2-10(14)19-8/h1-2,5-6H,3-4H2,(H,15,16)(H,17,18). The molecule has 2 rings (SSSR count). The van der Waals surface area contributed by atoms with E-state index in [0.717, 1.165) is 15.6 Å². The van der Waals surface area contributed by atoms with Gasteiger partial charge < -0.3 is 10.4 Å². The molecule has 0 aliphatic carbocycles. The molecule has 7 heteroatoms. The summed E-state index contributed by atoms with van der Waals surface area (Å²) in [5, 5.41) is 12.1. The van der Waals surface area contributed by atoms with Crippen LogP contribution in [0.15, 0.2) is 28.9 Å². The number of thiophene rings is 1. The number of halogens is 2. The van der Waals surface area contributed by atoms with Gasteiger partial charge in [-0.05, 0) is 40.5 Å². The molecule has 0 bridgehead atoms. The summed E-state index contributed by atoms with van der Waals surface area (Å²) < 4.78 is 1.39. The first-order chi connectivity index (χ1) is 9.06. The Morgan fingerprint density at radius 1 is 1.53 bits per heavy atom. The third kappa shape index (κ3) is 3.92. The number of aromatic carboxylic acids is 1. The molecule has 0 saturated heterocycles. The van der Waals surface area contributed by atoms with Gasteiger partial charge in [-0.15, -0.1) is 11.3 Å². The van der Waals surface area contributed by atoms with Gasteiger partial charge in [0.15, 0.2) is 0 Å². The van der Waals surface area contributed by atoms with Crippen molar-refractivity contribution < 1.29 is 9.90 Å². The zero-order valence-corrected chi connectivity index (χ0v) is 12.8. The lowest BCUT2D eigenvalue weighted by molar-refractivity contribution is 0.0697. The number of aromatic nitrogens is 1. The van der Waals surface area contributed by atoms with Gasteiger partial charge in [0.05, 0.1) is 4.34 Å². The summed E-state index contributed by atoms with van der Waals surface area (Å²) in [5.41, 5.74) is 0.151. The number of nitrogens with one attached hydrogen (secondary N) is 1. The lowest BCUT2D eigenvalue weighted by Gasteiger charge is -2.08. The number of pyridine rings is 1. The summed E-state index contributed by atoms with van der Waals surface area (Å²) in [6.07, 6.45) is 2.34. The maximum Gasteiger partial charge on any atom is 0.339 e. The molecule has 0 aliphatic rings. The molecule has 0 saturated carbocycles. The zero-order chi connectivity index (χ0) is 13.8. The second-order valence-corrected chi connectivity index (χ2v) is 6.45. The highest BCUT2D eigenvalue weighted by Gasteiger charge is 2.11. The highest BCUT2D eigenvalue weighted by Crippen LogP contribution is 2.22. The topological polar surface area (TPSA) is 62.2 Å². The summed E-state index contributed by atoms with van der Waals surface area (Å²) >= 11 is 10.6. The van der Waals surface area contributed by atoms with E-state index in [2.05, 4.69) is 26.2 Å². The maximum absolute atomic E-state index is 11.1. The van der Waals surface area contributed by atoms with Crippen LogP contribution in [0.3, 0.4) is 0 Å². The molecule has 2 N–H and O–H groups in total. The van der Waals surface area contributed by atoms with Gasteiger partial charge in [0.1, 0.15) is 11.4 Å². The average molecular weight is 362 g/mol. The van der Waals surface area contributed by atoms with E-state index in [1.54, 1.807) is 6.20 Å². The molecule has 0 atom stereocenters. The predicted octanol–water partition coefficient (Wildman–Crippen LogP) is 3.91. The van der Waals surface area contributed by atoms with Crippen molar-refractivity contribution in [3.05, 3.63) is 43.6 Å². The molecule has 0 aromatic carbocycles. The van der Waals surface area contributed by atoms with Gasteiger partial charge in [-0.2, -0.15) is 0 Å². The number of rotatable bonds is 5. The molecular formula is C12H10BrClN2O2S. The van der Waals surface area contributed by atoms with E-state index in [0.29, 0.717) is 16.8 Å². The lowest BCUT2D eigenvalue weighted by atomic mass is 10.2. The second kappa shape index (κ2) is 6.36. The van der Waals surface area contributed by atoms with E-state index < -0.39 is 5.97 Å². The Labute approximate surface area is 127 Å². The average Bonchev–Trinajstić information content (AvgIpc) is 2.77. The fourth-order valence-electron chi connectivity index (χ4n) is 1.53. The summed E-state index contributed by atoms with van der Waals surface area (Å²) in [4.78, 5) is 16.3. The Balaban J connectivity index is 2.01. The Morgan fingerprint density at radius 2 is 2.32 bits per heavy atom. The van der Waals surface area contributed by atoms with Crippen molar-refractivity contribution in [2.24, 2.45) is 0 Å². The highest BCUT2D eigenvalue weighted by molar-refractivity contribution is 9.10. The minimum Gasteiger partial charge on any atom is -0.478 e. The fourth-order valence-corrected chi connectivity index (χ4v) is 2.95. The van der Waals surface area contributed by atoms with Crippen LogP contribution >= 0.6 is 38.9 Å². The first-order valence-corrected chi connectivity index (χ1v) is 7.42. The van der Waals surface area contributed by atoms with Gasteiger partial charge in [-0.3, -0.25) is 0 Å². The number of nitrogens with zero attached hydrogens (tertiary/aromatic N) is 1. The van der Waals surface area contributed by atoms with Crippen LogP contribution in [0.5, 0.6) is 0 Å². The van der Waals surface area contributed by atoms with Gasteiger partial charge in [0.2, 0.25) is 0 Å². The normalized spacial score (nSPS) is 10.4. The third-order valence-corrected chi connectivity index (χ3v) is 4.10. The first kappa shape index (κ1) is 14.3. The van der Waals surface area contributed by atoms with E-state index in [-0.39, 0.29) is 5.56 Å². The Morgan fingerprint density at radius 3 is 2.95 bits per heavy atom. The number of carboxylic acids is 1. The number of anilines is 1. The van der Waals surface area contributed by atoms with Crippen molar-refractivity contribution in [1.82, 2.24) is 4.98 Å². The van der Waals surface area contributed by atoms with Crippen molar-refractivity contribution in [2.45, 2.75) is 6.42 Å².